The number of carbonyl (C=O) groups is 2. The van der Waals surface area contributed by atoms with Crippen LogP contribution >= 0.6 is 0 Å². The summed E-state index contributed by atoms with van der Waals surface area (Å²) in [4.78, 5) is 30.2. The molecule has 1 saturated heterocycles. The van der Waals surface area contributed by atoms with Crippen LogP contribution in [-0.2, 0) is 22.7 Å². The molecule has 32 heavy (non-hydrogen) atoms. The van der Waals surface area contributed by atoms with Gasteiger partial charge in [-0.3, -0.25) is 14.5 Å². The van der Waals surface area contributed by atoms with E-state index in [2.05, 4.69) is 5.32 Å². The van der Waals surface area contributed by atoms with Gasteiger partial charge in [0.2, 0.25) is 11.8 Å². The maximum atomic E-state index is 13.4. The minimum absolute atomic E-state index is 0.0481. The number of hydrogen-bond donors (Lipinski definition) is 1. The van der Waals surface area contributed by atoms with Crippen molar-refractivity contribution in [2.24, 2.45) is 0 Å². The van der Waals surface area contributed by atoms with Crippen molar-refractivity contribution >= 4 is 11.8 Å². The highest BCUT2D eigenvalue weighted by Gasteiger charge is 2.34. The van der Waals surface area contributed by atoms with E-state index in [-0.39, 0.29) is 36.3 Å². The van der Waals surface area contributed by atoms with Crippen molar-refractivity contribution in [1.82, 2.24) is 15.1 Å². The molecule has 6 nitrogen and oxygen atoms in total. The smallest absolute Gasteiger partial charge is 0.237 e. The number of rotatable bonds is 8. The van der Waals surface area contributed by atoms with Gasteiger partial charge < -0.3 is 14.6 Å². The summed E-state index contributed by atoms with van der Waals surface area (Å²) in [6.45, 7) is 1.80. The predicted molar refractivity (Wildman–Crippen MR) is 119 cm³/mol. The average Bonchev–Trinajstić information content (AvgIpc) is 3.50. The number of nitrogens with one attached hydrogen (secondary N) is 1. The van der Waals surface area contributed by atoms with Gasteiger partial charge in [-0.1, -0.05) is 31.4 Å². The molecule has 1 saturated carbocycles. The van der Waals surface area contributed by atoms with Crippen LogP contribution in [0.1, 0.15) is 56.3 Å². The van der Waals surface area contributed by atoms with Crippen LogP contribution in [0, 0.1) is 5.82 Å². The normalized spacial score (nSPS) is 19.7. The molecule has 0 unspecified atom stereocenters. The lowest BCUT2D eigenvalue weighted by Crippen LogP contribution is -2.50. The Labute approximate surface area is 188 Å². The Hall–Kier alpha value is -2.67. The first-order valence-corrected chi connectivity index (χ1v) is 11.7. The third kappa shape index (κ3) is 5.76. The Bertz CT molecular complexity index is 878. The van der Waals surface area contributed by atoms with Crippen molar-refractivity contribution < 1.29 is 18.4 Å². The maximum Gasteiger partial charge on any atom is 0.237 e. The molecule has 0 bridgehead atoms. The van der Waals surface area contributed by atoms with E-state index < -0.39 is 0 Å². The summed E-state index contributed by atoms with van der Waals surface area (Å²) in [6, 6.07) is 9.91. The molecule has 1 N–H and O–H groups in total. The fourth-order valence-electron chi connectivity index (χ4n) is 4.88. The molecule has 1 atom stereocenters. The summed E-state index contributed by atoms with van der Waals surface area (Å²) in [5.41, 5.74) is 0.930. The van der Waals surface area contributed by atoms with Gasteiger partial charge in [0.1, 0.15) is 11.6 Å². The molecule has 2 aliphatic rings. The fourth-order valence-corrected chi connectivity index (χ4v) is 4.88. The summed E-state index contributed by atoms with van der Waals surface area (Å²) < 4.78 is 18.6. The van der Waals surface area contributed by atoms with Crippen molar-refractivity contribution in [3.8, 4) is 0 Å². The second-order valence-electron chi connectivity index (χ2n) is 8.87. The summed E-state index contributed by atoms with van der Waals surface area (Å²) in [5.74, 6) is 0.424. The lowest BCUT2D eigenvalue weighted by atomic mass is 9.93. The summed E-state index contributed by atoms with van der Waals surface area (Å²) in [5, 5.41) is 2.93. The molecule has 4 rings (SSSR count). The van der Waals surface area contributed by atoms with Crippen LogP contribution in [0.3, 0.4) is 0 Å². The second kappa shape index (κ2) is 10.8. The fraction of sp³-hybridized carbons (Fsp3) is 0.520. The van der Waals surface area contributed by atoms with Crippen molar-refractivity contribution in [3.63, 3.8) is 0 Å². The van der Waals surface area contributed by atoms with E-state index in [0.717, 1.165) is 50.6 Å². The molecule has 2 amide bonds. The van der Waals surface area contributed by atoms with E-state index in [1.165, 1.54) is 18.6 Å². The zero-order valence-electron chi connectivity index (χ0n) is 18.5. The summed E-state index contributed by atoms with van der Waals surface area (Å²) in [6.07, 6.45) is 8.69. The summed E-state index contributed by atoms with van der Waals surface area (Å²) >= 11 is 0. The quantitative estimate of drug-likeness (QED) is 0.676. The largest absolute Gasteiger partial charge is 0.467 e. The Morgan fingerprint density at radius 1 is 1.06 bits per heavy atom. The van der Waals surface area contributed by atoms with Gasteiger partial charge in [0, 0.05) is 12.6 Å². The third-order valence-corrected chi connectivity index (χ3v) is 6.62. The van der Waals surface area contributed by atoms with E-state index in [0.29, 0.717) is 18.8 Å². The molecule has 2 fully saturated rings. The van der Waals surface area contributed by atoms with Crippen molar-refractivity contribution in [1.29, 1.82) is 0 Å². The number of halogens is 1. The highest BCUT2D eigenvalue weighted by Crippen LogP contribution is 2.25. The zero-order chi connectivity index (χ0) is 22.3. The molecule has 1 aliphatic heterocycles. The molecule has 1 aliphatic carbocycles. The third-order valence-electron chi connectivity index (χ3n) is 6.62. The number of carbonyl (C=O) groups excluding carboxylic acids is 2. The topological polar surface area (TPSA) is 65.8 Å². The first kappa shape index (κ1) is 22.5. The number of amides is 2. The van der Waals surface area contributed by atoms with Gasteiger partial charge in [0.05, 0.1) is 25.4 Å². The molecule has 7 heteroatoms. The monoisotopic (exact) mass is 441 g/mol. The van der Waals surface area contributed by atoms with E-state index in [1.807, 2.05) is 15.9 Å². The van der Waals surface area contributed by atoms with E-state index in [1.54, 1.807) is 24.5 Å². The Morgan fingerprint density at radius 3 is 2.56 bits per heavy atom. The van der Waals surface area contributed by atoms with Crippen LogP contribution in [-0.4, -0.2) is 46.8 Å². The highest BCUT2D eigenvalue weighted by atomic mass is 19.1. The first-order chi connectivity index (χ1) is 15.6. The van der Waals surface area contributed by atoms with Crippen molar-refractivity contribution in [3.05, 3.63) is 59.8 Å². The molecule has 1 aromatic carbocycles. The molecule has 0 spiro atoms. The number of hydrogen-bond acceptors (Lipinski definition) is 4. The van der Waals surface area contributed by atoms with Gasteiger partial charge in [-0.2, -0.15) is 0 Å². The molecule has 1 aromatic heterocycles. The maximum absolute atomic E-state index is 13.4. The van der Waals surface area contributed by atoms with Gasteiger partial charge in [0.25, 0.3) is 0 Å². The molecule has 172 valence electrons. The minimum atomic E-state index is -0.298. The van der Waals surface area contributed by atoms with Crippen LogP contribution in [0.4, 0.5) is 4.39 Å². The van der Waals surface area contributed by atoms with Crippen molar-refractivity contribution in [2.75, 3.05) is 13.1 Å². The Morgan fingerprint density at radius 2 is 1.84 bits per heavy atom. The van der Waals surface area contributed by atoms with Gasteiger partial charge >= 0.3 is 0 Å². The number of likely N-dealkylation sites (tertiary alicyclic amines) is 1. The lowest BCUT2D eigenvalue weighted by Gasteiger charge is -2.36. The lowest BCUT2D eigenvalue weighted by molar-refractivity contribution is -0.137. The van der Waals surface area contributed by atoms with Crippen molar-refractivity contribution in [2.45, 2.75) is 70.1 Å². The number of nitrogens with zero attached hydrogens (tertiary/aromatic N) is 2. The number of furan rings is 1. The van der Waals surface area contributed by atoms with Gasteiger partial charge in [-0.25, -0.2) is 4.39 Å². The minimum Gasteiger partial charge on any atom is -0.467 e. The van der Waals surface area contributed by atoms with E-state index in [9.17, 15) is 14.0 Å². The van der Waals surface area contributed by atoms with Crippen LogP contribution in [0.15, 0.2) is 47.1 Å². The highest BCUT2D eigenvalue weighted by molar-refractivity contribution is 5.84. The van der Waals surface area contributed by atoms with E-state index >= 15 is 0 Å². The molecular formula is C25H32FN3O3. The van der Waals surface area contributed by atoms with Gasteiger partial charge in [-0.15, -0.1) is 0 Å². The second-order valence-corrected chi connectivity index (χ2v) is 8.87. The van der Waals surface area contributed by atoms with Crippen LogP contribution < -0.4 is 5.32 Å². The number of benzene rings is 1. The first-order valence-electron chi connectivity index (χ1n) is 11.7. The van der Waals surface area contributed by atoms with Crippen LogP contribution in [0.25, 0.3) is 0 Å². The Kier molecular flexibility index (Phi) is 7.58. The van der Waals surface area contributed by atoms with E-state index in [4.69, 9.17) is 4.42 Å². The van der Waals surface area contributed by atoms with Crippen LogP contribution in [0.5, 0.6) is 0 Å². The average molecular weight is 442 g/mol. The predicted octanol–water partition coefficient (Wildman–Crippen LogP) is 3.86. The SMILES string of the molecule is O=C(NCc1ccco1)[C@@H]1CCCN1CC(=O)N(Cc1ccc(F)cc1)C1CCCCC1. The zero-order valence-corrected chi connectivity index (χ0v) is 18.5. The van der Waals surface area contributed by atoms with Gasteiger partial charge in [-0.05, 0) is 62.1 Å². The molecule has 0 radical (unpaired) electrons. The summed E-state index contributed by atoms with van der Waals surface area (Å²) in [7, 11) is 0. The van der Waals surface area contributed by atoms with Crippen LogP contribution in [0.2, 0.25) is 0 Å². The molecule has 2 heterocycles. The Balaban J connectivity index is 1.40. The standard InChI is InChI=1S/C25H32FN3O3/c26-20-12-10-19(11-13-20)17-29(21-6-2-1-3-7-21)24(30)18-28-14-4-9-23(28)25(31)27-16-22-8-5-15-32-22/h5,8,10-13,15,21,23H,1-4,6-7,9,14,16-18H2,(H,27,31)/t23-/m0/s1. The van der Waals surface area contributed by atoms with Gasteiger partial charge in [0.15, 0.2) is 0 Å². The molecular weight excluding hydrogens is 409 g/mol. The molecule has 2 aromatic rings.